The van der Waals surface area contributed by atoms with E-state index in [1.807, 2.05) is 23.6 Å². The lowest BCUT2D eigenvalue weighted by molar-refractivity contribution is -0.136. The van der Waals surface area contributed by atoms with Gasteiger partial charge < -0.3 is 15.5 Å². The van der Waals surface area contributed by atoms with Gasteiger partial charge in [0.05, 0.1) is 12.6 Å². The molecule has 0 bridgehead atoms. The van der Waals surface area contributed by atoms with Gasteiger partial charge in [-0.05, 0) is 18.8 Å². The summed E-state index contributed by atoms with van der Waals surface area (Å²) >= 11 is 0. The Balaban J connectivity index is 0.00000288. The standard InChI is InChI=1S/C17H32N4O2.ClH/c1-14(2)16(18)17(23)21-11-9-19(10-12-21)13-15(22)20-7-5-3-4-6-8-20;/h14,16H,3-13,18H2,1-2H3;1H/t16-;/m0./s1. The predicted molar refractivity (Wildman–Crippen MR) is 98.1 cm³/mol. The highest BCUT2D eigenvalue weighted by Crippen LogP contribution is 2.11. The van der Waals surface area contributed by atoms with Crippen molar-refractivity contribution in [2.45, 2.75) is 45.6 Å². The Morgan fingerprint density at radius 1 is 0.875 bits per heavy atom. The normalized spacial score (nSPS) is 21.2. The molecule has 2 amide bonds. The van der Waals surface area contributed by atoms with Gasteiger partial charge in [0, 0.05) is 39.3 Å². The molecule has 0 aromatic heterocycles. The van der Waals surface area contributed by atoms with Crippen LogP contribution in [0.1, 0.15) is 39.5 Å². The molecule has 140 valence electrons. The molecule has 0 aromatic rings. The first-order chi connectivity index (χ1) is 11.0. The number of hydrogen-bond donors (Lipinski definition) is 1. The van der Waals surface area contributed by atoms with Crippen molar-refractivity contribution in [2.75, 3.05) is 45.8 Å². The van der Waals surface area contributed by atoms with Crippen LogP contribution in [-0.2, 0) is 9.59 Å². The van der Waals surface area contributed by atoms with Gasteiger partial charge in [0.15, 0.2) is 0 Å². The summed E-state index contributed by atoms with van der Waals surface area (Å²) in [5.74, 6) is 0.439. The largest absolute Gasteiger partial charge is 0.342 e. The van der Waals surface area contributed by atoms with Gasteiger partial charge in [-0.3, -0.25) is 14.5 Å². The van der Waals surface area contributed by atoms with Gasteiger partial charge in [-0.2, -0.15) is 0 Å². The molecule has 0 aliphatic carbocycles. The van der Waals surface area contributed by atoms with E-state index < -0.39 is 6.04 Å². The van der Waals surface area contributed by atoms with Gasteiger partial charge in [-0.1, -0.05) is 26.7 Å². The zero-order valence-corrected chi connectivity index (χ0v) is 15.9. The minimum atomic E-state index is -0.416. The molecule has 2 aliphatic rings. The highest BCUT2D eigenvalue weighted by Gasteiger charge is 2.28. The van der Waals surface area contributed by atoms with Gasteiger partial charge in [-0.25, -0.2) is 0 Å². The van der Waals surface area contributed by atoms with Crippen molar-refractivity contribution in [1.29, 1.82) is 0 Å². The van der Waals surface area contributed by atoms with E-state index in [1.54, 1.807) is 0 Å². The molecule has 0 aromatic carbocycles. The molecule has 6 nitrogen and oxygen atoms in total. The SMILES string of the molecule is CC(C)[C@H](N)C(=O)N1CCN(CC(=O)N2CCCCCC2)CC1.Cl. The lowest BCUT2D eigenvalue weighted by Gasteiger charge is -2.36. The topological polar surface area (TPSA) is 69.9 Å². The maximum atomic E-state index is 12.4. The molecule has 2 heterocycles. The average molecular weight is 361 g/mol. The van der Waals surface area contributed by atoms with Crippen LogP contribution in [0.4, 0.5) is 0 Å². The zero-order chi connectivity index (χ0) is 16.8. The van der Waals surface area contributed by atoms with E-state index >= 15 is 0 Å². The molecule has 0 radical (unpaired) electrons. The number of piperazine rings is 1. The quantitative estimate of drug-likeness (QED) is 0.810. The third-order valence-corrected chi connectivity index (χ3v) is 5.00. The number of hydrogen-bond acceptors (Lipinski definition) is 4. The van der Waals surface area contributed by atoms with Gasteiger partial charge in [-0.15, -0.1) is 12.4 Å². The van der Waals surface area contributed by atoms with Gasteiger partial charge in [0.2, 0.25) is 11.8 Å². The molecular formula is C17H33ClN4O2. The van der Waals surface area contributed by atoms with Crippen LogP contribution in [0.3, 0.4) is 0 Å². The molecule has 7 heteroatoms. The first kappa shape index (κ1) is 21.2. The van der Waals surface area contributed by atoms with Crippen LogP contribution >= 0.6 is 12.4 Å². The second-order valence-electron chi connectivity index (χ2n) is 7.17. The van der Waals surface area contributed by atoms with E-state index in [4.69, 9.17) is 5.73 Å². The summed E-state index contributed by atoms with van der Waals surface area (Å²) < 4.78 is 0. The summed E-state index contributed by atoms with van der Waals surface area (Å²) in [6.45, 7) is 9.10. The number of carbonyl (C=O) groups excluding carboxylic acids is 2. The van der Waals surface area contributed by atoms with Crippen molar-refractivity contribution in [3.8, 4) is 0 Å². The maximum absolute atomic E-state index is 12.4. The molecule has 2 fully saturated rings. The molecule has 2 N–H and O–H groups in total. The van der Waals surface area contributed by atoms with Crippen LogP contribution in [0.2, 0.25) is 0 Å². The van der Waals surface area contributed by atoms with Crippen molar-refractivity contribution in [2.24, 2.45) is 11.7 Å². The highest BCUT2D eigenvalue weighted by atomic mass is 35.5. The molecule has 2 aliphatic heterocycles. The number of nitrogens with two attached hydrogens (primary N) is 1. The Morgan fingerprint density at radius 2 is 1.42 bits per heavy atom. The van der Waals surface area contributed by atoms with E-state index in [0.29, 0.717) is 19.6 Å². The van der Waals surface area contributed by atoms with E-state index in [1.165, 1.54) is 12.8 Å². The highest BCUT2D eigenvalue weighted by molar-refractivity contribution is 5.85. The molecule has 0 spiro atoms. The summed E-state index contributed by atoms with van der Waals surface area (Å²) in [6.07, 6.45) is 4.73. The van der Waals surface area contributed by atoms with Crippen LogP contribution in [0, 0.1) is 5.92 Å². The lowest BCUT2D eigenvalue weighted by Crippen LogP contribution is -2.55. The van der Waals surface area contributed by atoms with Gasteiger partial charge in [0.1, 0.15) is 0 Å². The molecular weight excluding hydrogens is 328 g/mol. The minimum Gasteiger partial charge on any atom is -0.342 e. The second kappa shape index (κ2) is 10.2. The zero-order valence-electron chi connectivity index (χ0n) is 15.1. The first-order valence-electron chi connectivity index (χ1n) is 9.03. The minimum absolute atomic E-state index is 0. The molecule has 2 rings (SSSR count). The van der Waals surface area contributed by atoms with Crippen molar-refractivity contribution < 1.29 is 9.59 Å². The van der Waals surface area contributed by atoms with Crippen LogP contribution in [0.5, 0.6) is 0 Å². The number of halogens is 1. The van der Waals surface area contributed by atoms with E-state index in [9.17, 15) is 9.59 Å². The van der Waals surface area contributed by atoms with Crippen LogP contribution in [0.25, 0.3) is 0 Å². The third kappa shape index (κ3) is 5.90. The second-order valence-corrected chi connectivity index (χ2v) is 7.17. The Hall–Kier alpha value is -0.850. The maximum Gasteiger partial charge on any atom is 0.239 e. The smallest absolute Gasteiger partial charge is 0.239 e. The van der Waals surface area contributed by atoms with Crippen molar-refractivity contribution in [3.05, 3.63) is 0 Å². The Morgan fingerprint density at radius 3 is 1.92 bits per heavy atom. The Labute approximate surface area is 152 Å². The fourth-order valence-corrected chi connectivity index (χ4v) is 3.23. The van der Waals surface area contributed by atoms with Crippen LogP contribution in [0.15, 0.2) is 0 Å². The number of rotatable bonds is 4. The Bertz CT molecular complexity index is 403. The van der Waals surface area contributed by atoms with E-state index in [0.717, 1.165) is 39.0 Å². The Kier molecular flexibility index (Phi) is 9.02. The molecule has 0 saturated carbocycles. The first-order valence-corrected chi connectivity index (χ1v) is 9.03. The number of nitrogens with zero attached hydrogens (tertiary/aromatic N) is 3. The van der Waals surface area contributed by atoms with E-state index in [2.05, 4.69) is 4.90 Å². The fraction of sp³-hybridized carbons (Fsp3) is 0.882. The van der Waals surface area contributed by atoms with Gasteiger partial charge in [0.25, 0.3) is 0 Å². The molecule has 0 unspecified atom stereocenters. The van der Waals surface area contributed by atoms with Crippen molar-refractivity contribution >= 4 is 24.2 Å². The van der Waals surface area contributed by atoms with Gasteiger partial charge >= 0.3 is 0 Å². The summed E-state index contributed by atoms with van der Waals surface area (Å²) in [6, 6.07) is -0.416. The third-order valence-electron chi connectivity index (χ3n) is 5.00. The van der Waals surface area contributed by atoms with Crippen LogP contribution < -0.4 is 5.73 Å². The molecule has 2 saturated heterocycles. The fourth-order valence-electron chi connectivity index (χ4n) is 3.23. The monoisotopic (exact) mass is 360 g/mol. The number of likely N-dealkylation sites (tertiary alicyclic amines) is 1. The van der Waals surface area contributed by atoms with Crippen molar-refractivity contribution in [1.82, 2.24) is 14.7 Å². The van der Waals surface area contributed by atoms with Crippen molar-refractivity contribution in [3.63, 3.8) is 0 Å². The lowest BCUT2D eigenvalue weighted by atomic mass is 10.0. The predicted octanol–water partition coefficient (Wildman–Crippen LogP) is 0.938. The number of amides is 2. The average Bonchev–Trinajstić information content (AvgIpc) is 2.83. The van der Waals surface area contributed by atoms with E-state index in [-0.39, 0.29) is 30.1 Å². The summed E-state index contributed by atoms with van der Waals surface area (Å²) in [5, 5.41) is 0. The molecule has 24 heavy (non-hydrogen) atoms. The summed E-state index contributed by atoms with van der Waals surface area (Å²) in [4.78, 5) is 30.7. The summed E-state index contributed by atoms with van der Waals surface area (Å²) in [7, 11) is 0. The molecule has 1 atom stereocenters. The summed E-state index contributed by atoms with van der Waals surface area (Å²) in [5.41, 5.74) is 5.95. The van der Waals surface area contributed by atoms with Crippen LogP contribution in [-0.4, -0.2) is 78.4 Å². The number of carbonyl (C=O) groups is 2.